The van der Waals surface area contributed by atoms with Crippen molar-refractivity contribution < 1.29 is 14.3 Å². The first-order chi connectivity index (χ1) is 15.7. The fourth-order valence-corrected chi connectivity index (χ4v) is 4.22. The summed E-state index contributed by atoms with van der Waals surface area (Å²) < 4.78 is 12.4. The Morgan fingerprint density at radius 3 is 2.58 bits per heavy atom. The monoisotopic (exact) mass is 452 g/mol. The highest BCUT2D eigenvalue weighted by molar-refractivity contribution is 5.99. The van der Waals surface area contributed by atoms with Crippen LogP contribution in [0.15, 0.2) is 24.3 Å². The lowest BCUT2D eigenvalue weighted by Gasteiger charge is -2.31. The third-order valence-corrected chi connectivity index (χ3v) is 5.88. The number of esters is 1. The second-order valence-electron chi connectivity index (χ2n) is 9.30. The molecular formula is C24H32N6O3. The van der Waals surface area contributed by atoms with Gasteiger partial charge in [-0.2, -0.15) is 4.98 Å². The minimum Gasteiger partial charge on any atom is -0.497 e. The molecule has 0 saturated carbocycles. The van der Waals surface area contributed by atoms with E-state index in [-0.39, 0.29) is 17.4 Å². The van der Waals surface area contributed by atoms with Crippen molar-refractivity contribution in [3.05, 3.63) is 24.3 Å². The predicted molar refractivity (Wildman–Crippen MR) is 128 cm³/mol. The molecule has 1 aliphatic rings. The summed E-state index contributed by atoms with van der Waals surface area (Å²) in [6, 6.07) is 7.70. The van der Waals surface area contributed by atoms with Crippen LogP contribution in [0.4, 0.5) is 11.8 Å². The van der Waals surface area contributed by atoms with Gasteiger partial charge in [-0.05, 0) is 64.8 Å². The molecule has 1 saturated heterocycles. The van der Waals surface area contributed by atoms with E-state index in [1.54, 1.807) is 11.8 Å². The second-order valence-corrected chi connectivity index (χ2v) is 9.30. The average Bonchev–Trinajstić information content (AvgIpc) is 3.16. The number of carbonyl (C=O) groups is 1. The predicted octanol–water partition coefficient (Wildman–Crippen LogP) is 3.62. The molecule has 3 heterocycles. The zero-order chi connectivity index (χ0) is 23.8. The van der Waals surface area contributed by atoms with Gasteiger partial charge in [-0.25, -0.2) is 9.67 Å². The Morgan fingerprint density at radius 1 is 1.21 bits per heavy atom. The van der Waals surface area contributed by atoms with Gasteiger partial charge in [0.2, 0.25) is 5.95 Å². The molecule has 1 fully saturated rings. The Morgan fingerprint density at radius 2 is 1.94 bits per heavy atom. The number of carbonyl (C=O) groups excluding carboxylic acids is 1. The molecular weight excluding hydrogens is 420 g/mol. The number of benzene rings is 1. The lowest BCUT2D eigenvalue weighted by molar-refractivity contribution is -0.148. The van der Waals surface area contributed by atoms with E-state index in [2.05, 4.69) is 0 Å². The van der Waals surface area contributed by atoms with Crippen LogP contribution >= 0.6 is 0 Å². The van der Waals surface area contributed by atoms with E-state index in [9.17, 15) is 4.79 Å². The van der Waals surface area contributed by atoms with Gasteiger partial charge in [0.25, 0.3) is 0 Å². The molecule has 176 valence electrons. The van der Waals surface area contributed by atoms with Gasteiger partial charge in [0, 0.05) is 18.7 Å². The van der Waals surface area contributed by atoms with Crippen LogP contribution in [0, 0.1) is 5.92 Å². The van der Waals surface area contributed by atoms with Crippen LogP contribution in [-0.4, -0.2) is 52.5 Å². The second kappa shape index (κ2) is 8.88. The van der Waals surface area contributed by atoms with Gasteiger partial charge in [-0.3, -0.25) is 4.79 Å². The maximum atomic E-state index is 12.4. The number of nitrogens with zero attached hydrogens (tertiary/aromatic N) is 5. The molecule has 1 aliphatic heterocycles. The fraction of sp³-hybridized carbons (Fsp3) is 0.500. The summed E-state index contributed by atoms with van der Waals surface area (Å²) in [6.45, 7) is 9.62. The molecule has 2 N–H and O–H groups in total. The van der Waals surface area contributed by atoms with Crippen molar-refractivity contribution >= 4 is 28.8 Å². The summed E-state index contributed by atoms with van der Waals surface area (Å²) in [6.07, 6.45) is 1.66. The van der Waals surface area contributed by atoms with Gasteiger partial charge in [0.1, 0.15) is 11.6 Å². The number of anilines is 2. The highest BCUT2D eigenvalue weighted by Gasteiger charge is 2.30. The minimum atomic E-state index is -0.317. The van der Waals surface area contributed by atoms with Crippen LogP contribution in [0.3, 0.4) is 0 Å². The van der Waals surface area contributed by atoms with Crippen molar-refractivity contribution in [2.24, 2.45) is 5.92 Å². The van der Waals surface area contributed by atoms with E-state index in [0.717, 1.165) is 36.1 Å². The normalized spacial score (nSPS) is 16.8. The van der Waals surface area contributed by atoms with Gasteiger partial charge >= 0.3 is 5.97 Å². The number of hydrogen-bond acceptors (Lipinski definition) is 8. The number of nitrogens with two attached hydrogens (primary N) is 1. The van der Waals surface area contributed by atoms with E-state index in [1.807, 2.05) is 56.9 Å². The van der Waals surface area contributed by atoms with Gasteiger partial charge in [-0.15, -0.1) is 5.10 Å². The van der Waals surface area contributed by atoms with E-state index in [4.69, 9.17) is 30.3 Å². The largest absolute Gasteiger partial charge is 0.497 e. The standard InChI is InChI=1S/C24H32N6O3/c1-6-33-22(31)16-8-7-13-29(14-16)23-26-19(15-9-11-17(32-5)12-10-15)18-20(25)30(24(2,3)4)28-21(18)27-23/h9-12,16H,6-8,13-14,25H2,1-5H3. The molecule has 2 aromatic heterocycles. The quantitative estimate of drug-likeness (QED) is 0.585. The molecule has 0 amide bonds. The number of rotatable bonds is 5. The molecule has 3 aromatic rings. The number of piperidine rings is 1. The number of ether oxygens (including phenoxy) is 2. The molecule has 0 spiro atoms. The third kappa shape index (κ3) is 4.44. The highest BCUT2D eigenvalue weighted by atomic mass is 16.5. The molecule has 4 rings (SSSR count). The summed E-state index contributed by atoms with van der Waals surface area (Å²) in [5, 5.41) is 5.46. The summed E-state index contributed by atoms with van der Waals surface area (Å²) >= 11 is 0. The number of aromatic nitrogens is 4. The van der Waals surface area contributed by atoms with Crippen molar-refractivity contribution in [3.8, 4) is 17.0 Å². The summed E-state index contributed by atoms with van der Waals surface area (Å²) in [4.78, 5) is 24.1. The van der Waals surface area contributed by atoms with Crippen LogP contribution < -0.4 is 15.4 Å². The number of nitrogen functional groups attached to an aromatic ring is 1. The van der Waals surface area contributed by atoms with Crippen LogP contribution in [0.1, 0.15) is 40.5 Å². The maximum absolute atomic E-state index is 12.4. The van der Waals surface area contributed by atoms with E-state index >= 15 is 0 Å². The number of fused-ring (bicyclic) bond motifs is 1. The smallest absolute Gasteiger partial charge is 0.310 e. The molecule has 1 unspecified atom stereocenters. The zero-order valence-corrected chi connectivity index (χ0v) is 20.0. The maximum Gasteiger partial charge on any atom is 0.310 e. The lowest BCUT2D eigenvalue weighted by Crippen LogP contribution is -2.40. The molecule has 0 aliphatic carbocycles. The van der Waals surface area contributed by atoms with Gasteiger partial charge in [0.05, 0.1) is 36.3 Å². The van der Waals surface area contributed by atoms with Crippen LogP contribution in [0.2, 0.25) is 0 Å². The minimum absolute atomic E-state index is 0.167. The Balaban J connectivity index is 1.83. The summed E-state index contributed by atoms with van der Waals surface area (Å²) in [5.41, 5.74) is 8.39. The molecule has 0 radical (unpaired) electrons. The first-order valence-electron chi connectivity index (χ1n) is 11.4. The molecule has 9 nitrogen and oxygen atoms in total. The fourth-order valence-electron chi connectivity index (χ4n) is 4.22. The van der Waals surface area contributed by atoms with E-state index < -0.39 is 0 Å². The number of hydrogen-bond donors (Lipinski definition) is 1. The van der Waals surface area contributed by atoms with Crippen molar-refractivity contribution in [2.45, 2.75) is 46.1 Å². The molecule has 1 aromatic carbocycles. The van der Waals surface area contributed by atoms with Crippen molar-refractivity contribution in [3.63, 3.8) is 0 Å². The van der Waals surface area contributed by atoms with Crippen LogP contribution in [0.25, 0.3) is 22.3 Å². The van der Waals surface area contributed by atoms with Crippen molar-refractivity contribution in [1.29, 1.82) is 0 Å². The first-order valence-corrected chi connectivity index (χ1v) is 11.4. The molecule has 9 heteroatoms. The Hall–Kier alpha value is -3.36. The lowest BCUT2D eigenvalue weighted by atomic mass is 9.98. The van der Waals surface area contributed by atoms with Gasteiger partial charge in [0.15, 0.2) is 5.65 Å². The number of methoxy groups -OCH3 is 1. The van der Waals surface area contributed by atoms with Crippen LogP contribution in [-0.2, 0) is 15.1 Å². The van der Waals surface area contributed by atoms with Crippen molar-refractivity contribution in [2.75, 3.05) is 37.4 Å². The average molecular weight is 453 g/mol. The van der Waals surface area contributed by atoms with Crippen LogP contribution in [0.5, 0.6) is 5.75 Å². The van der Waals surface area contributed by atoms with Gasteiger partial charge < -0.3 is 20.1 Å². The van der Waals surface area contributed by atoms with Gasteiger partial charge in [-0.1, -0.05) is 0 Å². The summed E-state index contributed by atoms with van der Waals surface area (Å²) in [7, 11) is 1.64. The SMILES string of the molecule is CCOC(=O)C1CCCN(c2nc(-c3ccc(OC)cc3)c3c(N)n(C(C)(C)C)nc3n2)C1. The zero-order valence-electron chi connectivity index (χ0n) is 20.0. The Bertz CT molecular complexity index is 1150. The first kappa shape index (κ1) is 22.8. The van der Waals surface area contributed by atoms with E-state index in [0.29, 0.717) is 36.3 Å². The molecule has 33 heavy (non-hydrogen) atoms. The Labute approximate surface area is 193 Å². The Kier molecular flexibility index (Phi) is 6.14. The summed E-state index contributed by atoms with van der Waals surface area (Å²) in [5.74, 6) is 1.47. The molecule has 0 bridgehead atoms. The van der Waals surface area contributed by atoms with E-state index in [1.165, 1.54) is 0 Å². The third-order valence-electron chi connectivity index (χ3n) is 5.88. The molecule has 1 atom stereocenters. The topological polar surface area (TPSA) is 108 Å². The highest BCUT2D eigenvalue weighted by Crippen LogP contribution is 2.35. The van der Waals surface area contributed by atoms with Crippen molar-refractivity contribution in [1.82, 2.24) is 19.7 Å².